The lowest BCUT2D eigenvalue weighted by atomic mass is 9.62. The topological polar surface area (TPSA) is 119 Å². The predicted molar refractivity (Wildman–Crippen MR) is 155 cm³/mol. The first-order valence-corrected chi connectivity index (χ1v) is 13.8. The minimum Gasteiger partial charge on any atom is -0.497 e. The van der Waals surface area contributed by atoms with Crippen molar-refractivity contribution in [3.8, 4) is 23.0 Å². The first-order valence-electron chi connectivity index (χ1n) is 13.8. The summed E-state index contributed by atoms with van der Waals surface area (Å²) in [5, 5.41) is 0. The number of fused-ring (bicyclic) bond motifs is 1. The molecular weight excluding hydrogens is 542 g/mol. The van der Waals surface area contributed by atoms with E-state index in [9.17, 15) is 14.4 Å². The number of rotatable bonds is 10. The minimum atomic E-state index is -1.12. The van der Waals surface area contributed by atoms with Gasteiger partial charge in [0.1, 0.15) is 11.7 Å². The number of allylic oxidation sites excluding steroid dienone is 1. The highest BCUT2D eigenvalue weighted by Gasteiger charge is 2.53. The summed E-state index contributed by atoms with van der Waals surface area (Å²) in [5.74, 6) is -3.24. The molecule has 0 N–H and O–H groups in total. The highest BCUT2D eigenvalue weighted by Crippen LogP contribution is 2.51. The standard InChI is InChI=1S/C32H37NO9/c1-8-41-31(35)25-17(3)33-22-16-21(18-10-12-20(37-4)13-11-18)27(32(36)42-9-2)29(34)28(22)26(25)19-14-23(38-5)30(40-7)24(15-19)39-6/h10-15,21,26-28H,8-9,16H2,1-7H3/t21-,26+,27-,28?/m0/s1. The molecule has 1 unspecified atom stereocenters. The van der Waals surface area contributed by atoms with Crippen LogP contribution in [-0.4, -0.2) is 65.1 Å². The van der Waals surface area contributed by atoms with E-state index in [1.165, 1.54) is 21.3 Å². The molecule has 4 rings (SSSR count). The average Bonchev–Trinajstić information content (AvgIpc) is 2.99. The summed E-state index contributed by atoms with van der Waals surface area (Å²) in [6.45, 7) is 5.39. The Bertz CT molecular complexity index is 1380. The van der Waals surface area contributed by atoms with Gasteiger partial charge in [0, 0.05) is 23.2 Å². The molecule has 10 heteroatoms. The highest BCUT2D eigenvalue weighted by molar-refractivity contribution is 6.18. The smallest absolute Gasteiger partial charge is 0.336 e. The van der Waals surface area contributed by atoms with Gasteiger partial charge >= 0.3 is 11.9 Å². The number of esters is 2. The summed E-state index contributed by atoms with van der Waals surface area (Å²) in [5.41, 5.74) is 2.59. The number of ketones is 1. The Hall–Kier alpha value is -4.34. The largest absolute Gasteiger partial charge is 0.497 e. The molecule has 2 aliphatic rings. The SMILES string of the molecule is CCOC(=O)C1=C(C)N=C2C[C@@H](c3ccc(OC)cc3)[C@H](C(=O)OCC)C(=O)C2[C@@H]1c1cc(OC)c(OC)c(OC)c1. The van der Waals surface area contributed by atoms with Gasteiger partial charge in [-0.2, -0.15) is 0 Å². The Morgan fingerprint density at radius 1 is 0.833 bits per heavy atom. The van der Waals surface area contributed by atoms with Gasteiger partial charge in [0.05, 0.1) is 53.1 Å². The van der Waals surface area contributed by atoms with Crippen LogP contribution in [0.2, 0.25) is 0 Å². The maximum absolute atomic E-state index is 14.6. The number of aliphatic imine (C=N–C) groups is 1. The zero-order chi connectivity index (χ0) is 30.6. The number of Topliss-reactive ketones (excluding diaryl/α,β-unsaturated/α-hetero) is 1. The third kappa shape index (κ3) is 5.57. The summed E-state index contributed by atoms with van der Waals surface area (Å²) in [7, 11) is 6.04. The van der Waals surface area contributed by atoms with E-state index in [2.05, 4.69) is 0 Å². The van der Waals surface area contributed by atoms with E-state index in [1.807, 2.05) is 12.1 Å². The van der Waals surface area contributed by atoms with Gasteiger partial charge in [-0.05, 0) is 62.6 Å². The van der Waals surface area contributed by atoms with Gasteiger partial charge in [0.2, 0.25) is 5.75 Å². The second-order valence-corrected chi connectivity index (χ2v) is 9.95. The van der Waals surface area contributed by atoms with Crippen molar-refractivity contribution in [2.24, 2.45) is 16.8 Å². The Morgan fingerprint density at radius 2 is 1.45 bits per heavy atom. The van der Waals surface area contributed by atoms with Crippen molar-refractivity contribution in [2.45, 2.75) is 39.0 Å². The number of methoxy groups -OCH3 is 4. The zero-order valence-electron chi connectivity index (χ0n) is 25.0. The number of carbonyl (C=O) groups excluding carboxylic acids is 3. The molecule has 1 aliphatic carbocycles. The van der Waals surface area contributed by atoms with Crippen LogP contribution in [0.5, 0.6) is 23.0 Å². The second kappa shape index (κ2) is 13.1. The van der Waals surface area contributed by atoms with Crippen LogP contribution in [0.3, 0.4) is 0 Å². The molecular formula is C32H37NO9. The molecule has 0 amide bonds. The Balaban J connectivity index is 1.94. The molecule has 224 valence electrons. The lowest BCUT2D eigenvalue weighted by Gasteiger charge is -2.41. The van der Waals surface area contributed by atoms with Crippen molar-refractivity contribution >= 4 is 23.4 Å². The molecule has 10 nitrogen and oxygen atoms in total. The number of hydrogen-bond acceptors (Lipinski definition) is 10. The van der Waals surface area contributed by atoms with Gasteiger partial charge in [-0.25, -0.2) is 4.79 Å². The summed E-state index contributed by atoms with van der Waals surface area (Å²) < 4.78 is 32.8. The van der Waals surface area contributed by atoms with Crippen LogP contribution in [0.1, 0.15) is 50.2 Å². The van der Waals surface area contributed by atoms with Gasteiger partial charge in [-0.15, -0.1) is 0 Å². The van der Waals surface area contributed by atoms with Crippen LogP contribution in [-0.2, 0) is 23.9 Å². The van der Waals surface area contributed by atoms with Crippen LogP contribution in [0.4, 0.5) is 0 Å². The van der Waals surface area contributed by atoms with Crippen molar-refractivity contribution in [3.05, 3.63) is 58.8 Å². The van der Waals surface area contributed by atoms with Gasteiger partial charge < -0.3 is 28.4 Å². The van der Waals surface area contributed by atoms with Crippen LogP contribution < -0.4 is 18.9 Å². The predicted octanol–water partition coefficient (Wildman–Crippen LogP) is 4.65. The monoisotopic (exact) mass is 579 g/mol. The summed E-state index contributed by atoms with van der Waals surface area (Å²) in [6, 6.07) is 10.7. The van der Waals surface area contributed by atoms with Gasteiger partial charge in [-0.3, -0.25) is 14.6 Å². The van der Waals surface area contributed by atoms with E-state index in [4.69, 9.17) is 33.4 Å². The number of carbonyl (C=O) groups is 3. The van der Waals surface area contributed by atoms with Crippen LogP contribution >= 0.6 is 0 Å². The van der Waals surface area contributed by atoms with E-state index in [1.54, 1.807) is 52.1 Å². The molecule has 42 heavy (non-hydrogen) atoms. The van der Waals surface area contributed by atoms with E-state index in [0.29, 0.717) is 46.4 Å². The van der Waals surface area contributed by atoms with E-state index >= 15 is 0 Å². The second-order valence-electron chi connectivity index (χ2n) is 9.95. The van der Waals surface area contributed by atoms with Crippen LogP contribution in [0.15, 0.2) is 52.7 Å². The molecule has 0 radical (unpaired) electrons. The van der Waals surface area contributed by atoms with Crippen molar-refractivity contribution in [3.63, 3.8) is 0 Å². The lowest BCUT2D eigenvalue weighted by Crippen LogP contribution is -2.48. The molecule has 0 bridgehead atoms. The van der Waals surface area contributed by atoms with Crippen molar-refractivity contribution in [1.82, 2.24) is 0 Å². The molecule has 2 aromatic rings. The highest BCUT2D eigenvalue weighted by atomic mass is 16.5. The molecule has 0 aromatic heterocycles. The third-order valence-electron chi connectivity index (χ3n) is 7.77. The molecule has 1 aliphatic heterocycles. The molecule has 2 aromatic carbocycles. The Morgan fingerprint density at radius 3 is 1.98 bits per heavy atom. The maximum Gasteiger partial charge on any atom is 0.336 e. The number of hydrogen-bond donors (Lipinski definition) is 0. The molecule has 1 saturated carbocycles. The third-order valence-corrected chi connectivity index (χ3v) is 7.77. The molecule has 4 atom stereocenters. The normalized spacial score (nSPS) is 21.6. The summed E-state index contributed by atoms with van der Waals surface area (Å²) >= 11 is 0. The molecule has 1 fully saturated rings. The van der Waals surface area contributed by atoms with E-state index < -0.39 is 35.6 Å². The van der Waals surface area contributed by atoms with Crippen molar-refractivity contribution < 1.29 is 42.8 Å². The quantitative estimate of drug-likeness (QED) is 0.293. The van der Waals surface area contributed by atoms with Gasteiger partial charge in [0.15, 0.2) is 17.3 Å². The number of ether oxygens (including phenoxy) is 6. The van der Waals surface area contributed by atoms with Crippen LogP contribution in [0, 0.1) is 11.8 Å². The van der Waals surface area contributed by atoms with Crippen LogP contribution in [0.25, 0.3) is 0 Å². The first kappa shape index (κ1) is 30.6. The maximum atomic E-state index is 14.6. The molecule has 0 saturated heterocycles. The summed E-state index contributed by atoms with van der Waals surface area (Å²) in [4.78, 5) is 46.2. The fraction of sp³-hybridized carbons (Fsp3) is 0.438. The van der Waals surface area contributed by atoms with Gasteiger partial charge in [-0.1, -0.05) is 12.1 Å². The first-order chi connectivity index (χ1) is 20.2. The number of benzene rings is 2. The Kier molecular flexibility index (Phi) is 9.55. The van der Waals surface area contributed by atoms with Crippen molar-refractivity contribution in [2.75, 3.05) is 41.7 Å². The van der Waals surface area contributed by atoms with Gasteiger partial charge in [0.25, 0.3) is 0 Å². The van der Waals surface area contributed by atoms with E-state index in [0.717, 1.165) is 5.56 Å². The fourth-order valence-electron chi connectivity index (χ4n) is 5.96. The fourth-order valence-corrected chi connectivity index (χ4v) is 5.96. The number of nitrogens with zero attached hydrogens (tertiary/aromatic N) is 1. The average molecular weight is 580 g/mol. The lowest BCUT2D eigenvalue weighted by molar-refractivity contribution is -0.153. The van der Waals surface area contributed by atoms with Crippen molar-refractivity contribution in [1.29, 1.82) is 0 Å². The molecule has 1 heterocycles. The zero-order valence-corrected chi connectivity index (χ0v) is 25.0. The Labute approximate surface area is 245 Å². The molecule has 0 spiro atoms. The summed E-state index contributed by atoms with van der Waals surface area (Å²) in [6.07, 6.45) is 0.306. The van der Waals surface area contributed by atoms with E-state index in [-0.39, 0.29) is 24.6 Å². The minimum absolute atomic E-state index is 0.118.